The SMILES string of the molecule is CCC(C)(C)NC1CCS(=O)(=O)CC1. The number of sulfone groups is 1. The largest absolute Gasteiger partial charge is 0.309 e. The summed E-state index contributed by atoms with van der Waals surface area (Å²) in [6.07, 6.45) is 2.60. The molecular weight excluding hydrogens is 198 g/mol. The van der Waals surface area contributed by atoms with Crippen molar-refractivity contribution in [2.75, 3.05) is 11.5 Å². The molecule has 1 heterocycles. The van der Waals surface area contributed by atoms with Crippen molar-refractivity contribution in [2.24, 2.45) is 0 Å². The van der Waals surface area contributed by atoms with E-state index in [1.54, 1.807) is 0 Å². The van der Waals surface area contributed by atoms with Gasteiger partial charge in [-0.25, -0.2) is 8.42 Å². The summed E-state index contributed by atoms with van der Waals surface area (Å²) in [6, 6.07) is 0.383. The van der Waals surface area contributed by atoms with Crippen molar-refractivity contribution < 1.29 is 8.42 Å². The summed E-state index contributed by atoms with van der Waals surface area (Å²) in [5.41, 5.74) is 0.131. The van der Waals surface area contributed by atoms with Gasteiger partial charge >= 0.3 is 0 Å². The highest BCUT2D eigenvalue weighted by molar-refractivity contribution is 7.91. The first kappa shape index (κ1) is 12.0. The molecule has 0 aromatic carbocycles. The van der Waals surface area contributed by atoms with Crippen molar-refractivity contribution in [3.63, 3.8) is 0 Å². The third kappa shape index (κ3) is 3.58. The fourth-order valence-corrected chi connectivity index (χ4v) is 3.18. The van der Waals surface area contributed by atoms with Crippen molar-refractivity contribution >= 4 is 9.84 Å². The van der Waals surface area contributed by atoms with Crippen molar-refractivity contribution in [3.8, 4) is 0 Å². The quantitative estimate of drug-likeness (QED) is 0.779. The topological polar surface area (TPSA) is 46.2 Å². The molecule has 14 heavy (non-hydrogen) atoms. The number of hydrogen-bond acceptors (Lipinski definition) is 3. The fraction of sp³-hybridized carbons (Fsp3) is 1.00. The molecular formula is C10H21NO2S. The second-order valence-electron chi connectivity index (χ2n) is 4.81. The maximum absolute atomic E-state index is 11.2. The predicted octanol–water partition coefficient (Wildman–Crippen LogP) is 1.34. The minimum absolute atomic E-state index is 0.131. The smallest absolute Gasteiger partial charge is 0.150 e. The summed E-state index contributed by atoms with van der Waals surface area (Å²) < 4.78 is 22.4. The molecule has 84 valence electrons. The zero-order chi connectivity index (χ0) is 10.8. The van der Waals surface area contributed by atoms with Gasteiger partial charge < -0.3 is 5.32 Å². The molecule has 1 aliphatic rings. The molecule has 0 aromatic rings. The lowest BCUT2D eigenvalue weighted by Crippen LogP contribution is -2.48. The van der Waals surface area contributed by atoms with Gasteiger partial charge in [-0.2, -0.15) is 0 Å². The Labute approximate surface area is 87.2 Å². The van der Waals surface area contributed by atoms with Gasteiger partial charge in [-0.1, -0.05) is 6.92 Å². The highest BCUT2D eigenvalue weighted by atomic mass is 32.2. The first-order valence-electron chi connectivity index (χ1n) is 5.33. The lowest BCUT2D eigenvalue weighted by atomic mass is 9.99. The number of nitrogens with one attached hydrogen (secondary N) is 1. The summed E-state index contributed by atoms with van der Waals surface area (Å²) in [6.45, 7) is 6.47. The van der Waals surface area contributed by atoms with E-state index in [-0.39, 0.29) is 5.54 Å². The average Bonchev–Trinajstić information content (AvgIpc) is 2.09. The molecule has 1 saturated heterocycles. The van der Waals surface area contributed by atoms with Crippen molar-refractivity contribution in [1.29, 1.82) is 0 Å². The van der Waals surface area contributed by atoms with E-state index in [2.05, 4.69) is 26.1 Å². The molecule has 0 atom stereocenters. The molecule has 0 saturated carbocycles. The third-order valence-electron chi connectivity index (χ3n) is 3.03. The fourth-order valence-electron chi connectivity index (χ4n) is 1.69. The number of hydrogen-bond donors (Lipinski definition) is 1. The van der Waals surface area contributed by atoms with E-state index in [0.717, 1.165) is 19.3 Å². The van der Waals surface area contributed by atoms with Gasteiger partial charge in [-0.3, -0.25) is 0 Å². The Morgan fingerprint density at radius 3 is 2.21 bits per heavy atom. The highest BCUT2D eigenvalue weighted by Crippen LogP contribution is 2.17. The van der Waals surface area contributed by atoms with Crippen LogP contribution in [0.3, 0.4) is 0 Å². The Morgan fingerprint density at radius 1 is 1.29 bits per heavy atom. The monoisotopic (exact) mass is 219 g/mol. The van der Waals surface area contributed by atoms with Crippen LogP contribution in [0.15, 0.2) is 0 Å². The van der Waals surface area contributed by atoms with Gasteiger partial charge in [0.1, 0.15) is 9.84 Å². The minimum Gasteiger partial charge on any atom is -0.309 e. The van der Waals surface area contributed by atoms with Crippen LogP contribution in [0.5, 0.6) is 0 Å². The van der Waals surface area contributed by atoms with Gasteiger partial charge in [0.25, 0.3) is 0 Å². The molecule has 0 bridgehead atoms. The van der Waals surface area contributed by atoms with Gasteiger partial charge in [-0.05, 0) is 33.1 Å². The van der Waals surface area contributed by atoms with Gasteiger partial charge in [0.15, 0.2) is 0 Å². The Kier molecular flexibility index (Phi) is 3.58. The van der Waals surface area contributed by atoms with E-state index in [4.69, 9.17) is 0 Å². The predicted molar refractivity (Wildman–Crippen MR) is 59.2 cm³/mol. The van der Waals surface area contributed by atoms with Crippen molar-refractivity contribution in [1.82, 2.24) is 5.32 Å². The Bertz CT molecular complexity index is 268. The van der Waals surface area contributed by atoms with Crippen LogP contribution in [0, 0.1) is 0 Å². The molecule has 0 spiro atoms. The second-order valence-corrected chi connectivity index (χ2v) is 7.11. The molecule has 0 aromatic heterocycles. The Morgan fingerprint density at radius 2 is 1.79 bits per heavy atom. The van der Waals surface area contributed by atoms with Crippen molar-refractivity contribution in [3.05, 3.63) is 0 Å². The van der Waals surface area contributed by atoms with Crippen LogP contribution in [-0.2, 0) is 9.84 Å². The summed E-state index contributed by atoms with van der Waals surface area (Å²) >= 11 is 0. The lowest BCUT2D eigenvalue weighted by molar-refractivity contribution is 0.309. The van der Waals surface area contributed by atoms with Crippen LogP contribution >= 0.6 is 0 Å². The molecule has 1 N–H and O–H groups in total. The van der Waals surface area contributed by atoms with E-state index in [9.17, 15) is 8.42 Å². The molecule has 3 nitrogen and oxygen atoms in total. The molecule has 1 fully saturated rings. The van der Waals surface area contributed by atoms with Crippen LogP contribution in [0.25, 0.3) is 0 Å². The Balaban J connectivity index is 2.44. The van der Waals surface area contributed by atoms with E-state index in [1.807, 2.05) is 0 Å². The molecule has 0 unspecified atom stereocenters. The summed E-state index contributed by atoms with van der Waals surface area (Å²) in [5.74, 6) is 0.703. The summed E-state index contributed by atoms with van der Waals surface area (Å²) in [7, 11) is -2.72. The maximum atomic E-state index is 11.2. The van der Waals surface area contributed by atoms with E-state index in [0.29, 0.717) is 17.5 Å². The van der Waals surface area contributed by atoms with Gasteiger partial charge in [0, 0.05) is 11.6 Å². The molecule has 4 heteroatoms. The molecule has 1 aliphatic heterocycles. The zero-order valence-electron chi connectivity index (χ0n) is 9.34. The molecule has 0 radical (unpaired) electrons. The molecule has 0 aliphatic carbocycles. The minimum atomic E-state index is -2.72. The third-order valence-corrected chi connectivity index (χ3v) is 4.75. The normalized spacial score (nSPS) is 23.6. The molecule has 0 amide bonds. The highest BCUT2D eigenvalue weighted by Gasteiger charge is 2.27. The van der Waals surface area contributed by atoms with E-state index in [1.165, 1.54) is 0 Å². The maximum Gasteiger partial charge on any atom is 0.150 e. The first-order chi connectivity index (χ1) is 6.35. The van der Waals surface area contributed by atoms with Crippen LogP contribution < -0.4 is 5.32 Å². The Hall–Kier alpha value is -0.0900. The molecule has 1 rings (SSSR count). The van der Waals surface area contributed by atoms with Crippen LogP contribution in [-0.4, -0.2) is 31.5 Å². The van der Waals surface area contributed by atoms with Gasteiger partial charge in [-0.15, -0.1) is 0 Å². The van der Waals surface area contributed by atoms with Gasteiger partial charge in [0.05, 0.1) is 11.5 Å². The van der Waals surface area contributed by atoms with Crippen LogP contribution in [0.1, 0.15) is 40.0 Å². The second kappa shape index (κ2) is 4.19. The van der Waals surface area contributed by atoms with Crippen LogP contribution in [0.2, 0.25) is 0 Å². The van der Waals surface area contributed by atoms with E-state index >= 15 is 0 Å². The average molecular weight is 219 g/mol. The number of rotatable bonds is 3. The lowest BCUT2D eigenvalue weighted by Gasteiger charge is -2.33. The van der Waals surface area contributed by atoms with Crippen LogP contribution in [0.4, 0.5) is 0 Å². The summed E-state index contributed by atoms with van der Waals surface area (Å²) in [4.78, 5) is 0. The summed E-state index contributed by atoms with van der Waals surface area (Å²) in [5, 5.41) is 3.52. The first-order valence-corrected chi connectivity index (χ1v) is 7.15. The standard InChI is InChI=1S/C10H21NO2S/c1-4-10(2,3)11-9-5-7-14(12,13)8-6-9/h9,11H,4-8H2,1-3H3. The van der Waals surface area contributed by atoms with Crippen molar-refractivity contribution in [2.45, 2.75) is 51.6 Å². The zero-order valence-corrected chi connectivity index (χ0v) is 10.2. The van der Waals surface area contributed by atoms with Gasteiger partial charge in [0.2, 0.25) is 0 Å². The van der Waals surface area contributed by atoms with E-state index < -0.39 is 9.84 Å².